The molecule has 0 aliphatic carbocycles. The second-order valence-electron chi connectivity index (χ2n) is 4.08. The first-order valence-electron chi connectivity index (χ1n) is 7.44. The molecule has 3 rings (SSSR count). The van der Waals surface area contributed by atoms with E-state index in [9.17, 15) is 0 Å². The molecule has 0 amide bonds. The predicted octanol–water partition coefficient (Wildman–Crippen LogP) is 4.76. The minimum Gasteiger partial charge on any atom is -0.256 e. The van der Waals surface area contributed by atoms with E-state index < -0.39 is 0 Å². The molecule has 4 heteroatoms. The van der Waals surface area contributed by atoms with Gasteiger partial charge >= 0.3 is 0 Å². The molecule has 1 aromatic carbocycles. The summed E-state index contributed by atoms with van der Waals surface area (Å²) in [5, 5.41) is 7.32. The van der Waals surface area contributed by atoms with Crippen molar-refractivity contribution in [1.29, 1.82) is 5.26 Å². The molecule has 2 aromatic heterocycles. The lowest BCUT2D eigenvalue weighted by atomic mass is 10.0. The van der Waals surface area contributed by atoms with Crippen LogP contribution in [0.3, 0.4) is 0 Å². The maximum absolute atomic E-state index is 7.32. The fourth-order valence-electron chi connectivity index (χ4n) is 1.89. The van der Waals surface area contributed by atoms with Crippen molar-refractivity contribution in [2.24, 2.45) is 0 Å². The summed E-state index contributed by atoms with van der Waals surface area (Å²) < 4.78 is 0. The fourth-order valence-corrected chi connectivity index (χ4v) is 1.89. The fraction of sp³-hybridized carbons (Fsp3) is 0.158. The molecular weight excluding hydrogens is 284 g/mol. The van der Waals surface area contributed by atoms with Gasteiger partial charge in [-0.2, -0.15) is 5.26 Å². The molecule has 0 saturated carbocycles. The molecule has 2 heterocycles. The normalized spacial score (nSPS) is 8.61. The van der Waals surface area contributed by atoms with Gasteiger partial charge < -0.3 is 0 Å². The van der Waals surface area contributed by atoms with Gasteiger partial charge in [-0.05, 0) is 18.2 Å². The smallest absolute Gasteiger partial charge is 0.116 e. The number of nitrogens with zero attached hydrogens (tertiary/aromatic N) is 4. The van der Waals surface area contributed by atoms with Crippen LogP contribution in [0.25, 0.3) is 22.5 Å². The van der Waals surface area contributed by atoms with E-state index in [2.05, 4.69) is 15.0 Å². The number of benzene rings is 1. The van der Waals surface area contributed by atoms with E-state index in [1.54, 1.807) is 24.8 Å². The first-order chi connectivity index (χ1) is 11.4. The number of pyridine rings is 1. The molecule has 0 saturated heterocycles. The third-order valence-electron chi connectivity index (χ3n) is 2.71. The van der Waals surface area contributed by atoms with E-state index in [1.165, 1.54) is 6.92 Å². The molecule has 0 bridgehead atoms. The lowest BCUT2D eigenvalue weighted by molar-refractivity contribution is 1.17. The Labute approximate surface area is 137 Å². The second-order valence-corrected chi connectivity index (χ2v) is 4.08. The molecule has 23 heavy (non-hydrogen) atoms. The lowest BCUT2D eigenvalue weighted by Gasteiger charge is -2.07. The minimum atomic E-state index is 0.886. The SMILES string of the molecule is CC.CC#N.c1ccc(-c2ncccc2-c2ccncn2)cc1. The van der Waals surface area contributed by atoms with Crippen molar-refractivity contribution in [3.05, 3.63) is 67.3 Å². The zero-order valence-electron chi connectivity index (χ0n) is 13.6. The first kappa shape index (κ1) is 18.0. The number of rotatable bonds is 2. The van der Waals surface area contributed by atoms with Gasteiger partial charge in [0.15, 0.2) is 0 Å². The van der Waals surface area contributed by atoms with Crippen molar-refractivity contribution in [3.8, 4) is 28.6 Å². The highest BCUT2D eigenvalue weighted by Gasteiger charge is 2.08. The molecule has 0 fully saturated rings. The van der Waals surface area contributed by atoms with Crippen LogP contribution in [0.15, 0.2) is 67.3 Å². The van der Waals surface area contributed by atoms with E-state index in [4.69, 9.17) is 5.26 Å². The predicted molar refractivity (Wildman–Crippen MR) is 93.3 cm³/mol. The first-order valence-corrected chi connectivity index (χ1v) is 7.44. The van der Waals surface area contributed by atoms with Crippen LogP contribution < -0.4 is 0 Å². The Morgan fingerprint density at radius 1 is 0.870 bits per heavy atom. The summed E-state index contributed by atoms with van der Waals surface area (Å²) in [5.74, 6) is 0. The van der Waals surface area contributed by atoms with Crippen LogP contribution in [-0.4, -0.2) is 15.0 Å². The van der Waals surface area contributed by atoms with Crippen LogP contribution in [0.4, 0.5) is 0 Å². The van der Waals surface area contributed by atoms with E-state index in [0.29, 0.717) is 0 Å². The summed E-state index contributed by atoms with van der Waals surface area (Å²) in [4.78, 5) is 12.7. The molecular formula is C19H20N4. The quantitative estimate of drug-likeness (QED) is 0.684. The highest BCUT2D eigenvalue weighted by atomic mass is 14.8. The summed E-state index contributed by atoms with van der Waals surface area (Å²) >= 11 is 0. The Morgan fingerprint density at radius 3 is 2.17 bits per heavy atom. The van der Waals surface area contributed by atoms with E-state index in [1.807, 2.05) is 62.4 Å². The van der Waals surface area contributed by atoms with Gasteiger partial charge in [-0.15, -0.1) is 0 Å². The molecule has 4 nitrogen and oxygen atoms in total. The molecule has 0 unspecified atom stereocenters. The highest BCUT2D eigenvalue weighted by Crippen LogP contribution is 2.27. The van der Waals surface area contributed by atoms with E-state index in [0.717, 1.165) is 22.5 Å². The average molecular weight is 304 g/mol. The zero-order valence-corrected chi connectivity index (χ0v) is 13.6. The average Bonchev–Trinajstić information content (AvgIpc) is 2.65. The summed E-state index contributed by atoms with van der Waals surface area (Å²) in [6.45, 7) is 5.43. The topological polar surface area (TPSA) is 62.5 Å². The van der Waals surface area contributed by atoms with Crippen molar-refractivity contribution < 1.29 is 0 Å². The number of aromatic nitrogens is 3. The van der Waals surface area contributed by atoms with Crippen molar-refractivity contribution in [2.75, 3.05) is 0 Å². The third kappa shape index (κ3) is 5.33. The van der Waals surface area contributed by atoms with Crippen LogP contribution >= 0.6 is 0 Å². The van der Waals surface area contributed by atoms with Crippen LogP contribution in [-0.2, 0) is 0 Å². The largest absolute Gasteiger partial charge is 0.256 e. The van der Waals surface area contributed by atoms with Gasteiger partial charge in [0.2, 0.25) is 0 Å². The van der Waals surface area contributed by atoms with Crippen molar-refractivity contribution >= 4 is 0 Å². The summed E-state index contributed by atoms with van der Waals surface area (Å²) in [6, 6.07) is 17.7. The third-order valence-corrected chi connectivity index (χ3v) is 2.71. The zero-order chi connectivity index (χ0) is 16.9. The van der Waals surface area contributed by atoms with Crippen molar-refractivity contribution in [2.45, 2.75) is 20.8 Å². The van der Waals surface area contributed by atoms with Crippen LogP contribution in [0.1, 0.15) is 20.8 Å². The molecule has 0 radical (unpaired) electrons. The second kappa shape index (κ2) is 10.6. The van der Waals surface area contributed by atoms with Gasteiger partial charge in [0.25, 0.3) is 0 Å². The van der Waals surface area contributed by atoms with Gasteiger partial charge in [0.05, 0.1) is 17.5 Å². The van der Waals surface area contributed by atoms with E-state index in [-0.39, 0.29) is 0 Å². The molecule has 3 aromatic rings. The maximum atomic E-state index is 7.32. The molecule has 0 spiro atoms. The molecule has 116 valence electrons. The van der Waals surface area contributed by atoms with Gasteiger partial charge in [0.1, 0.15) is 6.33 Å². The molecule has 0 aliphatic heterocycles. The summed E-state index contributed by atoms with van der Waals surface area (Å²) in [5.41, 5.74) is 3.94. The number of hydrogen-bond donors (Lipinski definition) is 0. The number of hydrogen-bond acceptors (Lipinski definition) is 4. The Kier molecular flexibility index (Phi) is 8.32. The Balaban J connectivity index is 0.000000477. The van der Waals surface area contributed by atoms with Gasteiger partial charge in [0, 0.05) is 30.4 Å². The molecule has 0 atom stereocenters. The highest BCUT2D eigenvalue weighted by molar-refractivity contribution is 5.78. The molecule has 0 aliphatic rings. The van der Waals surface area contributed by atoms with Gasteiger partial charge in [-0.25, -0.2) is 9.97 Å². The van der Waals surface area contributed by atoms with Crippen molar-refractivity contribution in [1.82, 2.24) is 15.0 Å². The number of nitriles is 1. The maximum Gasteiger partial charge on any atom is 0.116 e. The van der Waals surface area contributed by atoms with Crippen LogP contribution in [0.5, 0.6) is 0 Å². The van der Waals surface area contributed by atoms with E-state index >= 15 is 0 Å². The Morgan fingerprint density at radius 2 is 1.57 bits per heavy atom. The van der Waals surface area contributed by atoms with Crippen LogP contribution in [0.2, 0.25) is 0 Å². The minimum absolute atomic E-state index is 0.886. The summed E-state index contributed by atoms with van der Waals surface area (Å²) in [7, 11) is 0. The van der Waals surface area contributed by atoms with Crippen LogP contribution in [0, 0.1) is 11.3 Å². The monoisotopic (exact) mass is 304 g/mol. The van der Waals surface area contributed by atoms with Gasteiger partial charge in [-0.1, -0.05) is 44.2 Å². The van der Waals surface area contributed by atoms with Crippen molar-refractivity contribution in [3.63, 3.8) is 0 Å². The lowest BCUT2D eigenvalue weighted by Crippen LogP contribution is -1.90. The Hall–Kier alpha value is -3.06. The summed E-state index contributed by atoms with van der Waals surface area (Å²) in [6.07, 6.45) is 5.09. The molecule has 0 N–H and O–H groups in total. The Bertz CT molecular complexity index is 661. The van der Waals surface area contributed by atoms with Gasteiger partial charge in [-0.3, -0.25) is 4.98 Å². The standard InChI is InChI=1S/C15H11N3.C2H3N.C2H6/c1-2-5-12(6-3-1)15-13(7-4-9-17-15)14-8-10-16-11-18-14;1-2-3;1-2/h1-11H;1H3;1-2H3.